The van der Waals surface area contributed by atoms with Crippen molar-refractivity contribution in [1.29, 1.82) is 5.26 Å². The molecular formula is C27H38FN5O2. The van der Waals surface area contributed by atoms with Crippen LogP contribution in [0.4, 0.5) is 4.39 Å². The molecule has 1 heterocycles. The summed E-state index contributed by atoms with van der Waals surface area (Å²) in [6, 6.07) is 5.91. The van der Waals surface area contributed by atoms with Crippen LogP contribution < -0.4 is 5.32 Å². The zero-order valence-electron chi connectivity index (χ0n) is 21.6. The second kappa shape index (κ2) is 13.9. The number of nitriles is 1. The van der Waals surface area contributed by atoms with E-state index in [0.717, 1.165) is 38.0 Å². The number of aromatic nitrogens is 1. The Kier molecular flexibility index (Phi) is 11.3. The molecule has 0 saturated heterocycles. The molecule has 0 saturated carbocycles. The topological polar surface area (TPSA) is 81.5 Å². The van der Waals surface area contributed by atoms with Gasteiger partial charge in [0.25, 0.3) is 5.91 Å². The molecule has 1 aromatic heterocycles. The van der Waals surface area contributed by atoms with E-state index in [1.54, 1.807) is 6.07 Å². The lowest BCUT2D eigenvalue weighted by molar-refractivity contribution is -0.117. The van der Waals surface area contributed by atoms with Gasteiger partial charge in [-0.15, -0.1) is 0 Å². The molecule has 7 nitrogen and oxygen atoms in total. The summed E-state index contributed by atoms with van der Waals surface area (Å²) < 4.78 is 19.6. The number of nitrogens with one attached hydrogen (secondary N) is 1. The first-order valence-electron chi connectivity index (χ1n) is 12.1. The van der Waals surface area contributed by atoms with Crippen LogP contribution in [-0.2, 0) is 9.53 Å². The van der Waals surface area contributed by atoms with Gasteiger partial charge in [0.15, 0.2) is 0 Å². The average molecular weight is 484 g/mol. The fourth-order valence-electron chi connectivity index (χ4n) is 3.66. The van der Waals surface area contributed by atoms with Gasteiger partial charge in [-0.3, -0.25) is 4.79 Å². The van der Waals surface area contributed by atoms with Crippen molar-refractivity contribution in [3.05, 3.63) is 59.2 Å². The minimum absolute atomic E-state index is 0.115. The third-order valence-corrected chi connectivity index (χ3v) is 5.88. The number of hydrogen-bond acceptors (Lipinski definition) is 6. The molecule has 0 bridgehead atoms. The van der Waals surface area contributed by atoms with E-state index in [1.165, 1.54) is 18.2 Å². The van der Waals surface area contributed by atoms with E-state index >= 15 is 0 Å². The molecule has 0 radical (unpaired) electrons. The van der Waals surface area contributed by atoms with Gasteiger partial charge in [-0.25, -0.2) is 4.98 Å². The number of carbonyl (C=O) groups is 1. The summed E-state index contributed by atoms with van der Waals surface area (Å²) in [5, 5.41) is 12.4. The van der Waals surface area contributed by atoms with Gasteiger partial charge in [-0.1, -0.05) is 37.6 Å². The highest BCUT2D eigenvalue weighted by Crippen LogP contribution is 2.27. The number of likely N-dealkylation sites (N-methyl/N-ethyl adjacent to an activating group) is 2. The maximum atomic E-state index is 13.4. The maximum Gasteiger partial charge on any atom is 0.262 e. The van der Waals surface area contributed by atoms with Gasteiger partial charge in [-0.05, 0) is 64.7 Å². The predicted molar refractivity (Wildman–Crippen MR) is 137 cm³/mol. The van der Waals surface area contributed by atoms with Crippen LogP contribution in [0.1, 0.15) is 38.8 Å². The van der Waals surface area contributed by atoms with Crippen LogP contribution in [-0.4, -0.2) is 79.7 Å². The molecule has 0 aromatic carbocycles. The van der Waals surface area contributed by atoms with Crippen LogP contribution in [0.5, 0.6) is 0 Å². The number of nitrogens with zero attached hydrogens (tertiary/aromatic N) is 4. The summed E-state index contributed by atoms with van der Waals surface area (Å²) in [5.41, 5.74) is 0.704. The van der Waals surface area contributed by atoms with Crippen molar-refractivity contribution in [1.82, 2.24) is 20.1 Å². The Labute approximate surface area is 209 Å². The molecular weight excluding hydrogens is 445 g/mol. The van der Waals surface area contributed by atoms with Gasteiger partial charge < -0.3 is 19.9 Å². The van der Waals surface area contributed by atoms with Gasteiger partial charge in [0.2, 0.25) is 5.95 Å². The standard InChI is InChI=1S/C27H38FN5O2/c1-6-8-24(31-26(34)22(20-29)19-23-9-7-10-25(28)30-23)21-11-13-27(2,14-12-21)35-18-17-33(5)16-15-32(3)4/h7,9-13,19,24H,6,8,14-18H2,1-5H3,(H,31,34)/b22-19+. The third kappa shape index (κ3) is 9.73. The molecule has 1 aliphatic carbocycles. The first kappa shape index (κ1) is 28.4. The van der Waals surface area contributed by atoms with Crippen molar-refractivity contribution in [2.24, 2.45) is 0 Å². The molecule has 1 aliphatic rings. The second-order valence-electron chi connectivity index (χ2n) is 9.38. The first-order chi connectivity index (χ1) is 16.7. The van der Waals surface area contributed by atoms with Crippen molar-refractivity contribution in [3.63, 3.8) is 0 Å². The molecule has 1 N–H and O–H groups in total. The van der Waals surface area contributed by atoms with E-state index in [9.17, 15) is 14.4 Å². The third-order valence-electron chi connectivity index (χ3n) is 5.88. The number of amides is 1. The average Bonchev–Trinajstić information content (AvgIpc) is 2.81. The Morgan fingerprint density at radius 2 is 2.11 bits per heavy atom. The van der Waals surface area contributed by atoms with Gasteiger partial charge in [-0.2, -0.15) is 9.65 Å². The van der Waals surface area contributed by atoms with E-state index in [4.69, 9.17) is 4.74 Å². The normalized spacial score (nSPS) is 18.9. The number of pyridine rings is 1. The Morgan fingerprint density at radius 3 is 2.71 bits per heavy atom. The van der Waals surface area contributed by atoms with Crippen LogP contribution in [0.25, 0.3) is 6.08 Å². The second-order valence-corrected chi connectivity index (χ2v) is 9.38. The highest BCUT2D eigenvalue weighted by Gasteiger charge is 2.26. The monoisotopic (exact) mass is 483 g/mol. The van der Waals surface area contributed by atoms with Crippen LogP contribution in [0, 0.1) is 17.3 Å². The van der Waals surface area contributed by atoms with Crippen molar-refractivity contribution >= 4 is 12.0 Å². The summed E-state index contributed by atoms with van der Waals surface area (Å²) >= 11 is 0. The molecule has 2 atom stereocenters. The smallest absolute Gasteiger partial charge is 0.262 e. The number of rotatable bonds is 13. The van der Waals surface area contributed by atoms with Crippen molar-refractivity contribution in [2.45, 2.75) is 44.8 Å². The quantitative estimate of drug-likeness (QED) is 0.262. The molecule has 0 fully saturated rings. The fraction of sp³-hybridized carbons (Fsp3) is 0.519. The van der Waals surface area contributed by atoms with Gasteiger partial charge in [0, 0.05) is 19.6 Å². The van der Waals surface area contributed by atoms with E-state index in [0.29, 0.717) is 13.0 Å². The summed E-state index contributed by atoms with van der Waals surface area (Å²) in [6.45, 7) is 7.58. The lowest BCUT2D eigenvalue weighted by Crippen LogP contribution is -2.38. The Hall–Kier alpha value is -2.86. The summed E-state index contributed by atoms with van der Waals surface area (Å²) in [4.78, 5) is 20.9. The molecule has 2 rings (SSSR count). The Bertz CT molecular complexity index is 982. The van der Waals surface area contributed by atoms with Crippen molar-refractivity contribution in [2.75, 3.05) is 47.4 Å². The van der Waals surface area contributed by atoms with Gasteiger partial charge in [0.1, 0.15) is 11.6 Å². The summed E-state index contributed by atoms with van der Waals surface area (Å²) in [6.07, 6.45) is 9.74. The van der Waals surface area contributed by atoms with Crippen LogP contribution in [0.2, 0.25) is 0 Å². The van der Waals surface area contributed by atoms with Crippen LogP contribution >= 0.6 is 0 Å². The highest BCUT2D eigenvalue weighted by molar-refractivity contribution is 6.01. The molecule has 8 heteroatoms. The van der Waals surface area contributed by atoms with Crippen molar-refractivity contribution in [3.8, 4) is 6.07 Å². The lowest BCUT2D eigenvalue weighted by Gasteiger charge is -2.31. The van der Waals surface area contributed by atoms with E-state index in [-0.39, 0.29) is 17.3 Å². The predicted octanol–water partition coefficient (Wildman–Crippen LogP) is 3.57. The molecule has 2 unspecified atom stereocenters. The zero-order valence-corrected chi connectivity index (χ0v) is 21.6. The lowest BCUT2D eigenvalue weighted by atomic mass is 9.89. The maximum absolute atomic E-state index is 13.4. The van der Waals surface area contributed by atoms with E-state index < -0.39 is 17.5 Å². The number of halogens is 1. The Balaban J connectivity index is 1.97. The minimum atomic E-state index is -0.664. The molecule has 0 spiro atoms. The van der Waals surface area contributed by atoms with Crippen molar-refractivity contribution < 1.29 is 13.9 Å². The van der Waals surface area contributed by atoms with Gasteiger partial charge >= 0.3 is 0 Å². The summed E-state index contributed by atoms with van der Waals surface area (Å²) in [7, 11) is 6.22. The fourth-order valence-corrected chi connectivity index (χ4v) is 3.66. The molecule has 1 amide bonds. The highest BCUT2D eigenvalue weighted by atomic mass is 19.1. The number of carbonyl (C=O) groups excluding carboxylic acids is 1. The zero-order chi connectivity index (χ0) is 25.8. The van der Waals surface area contributed by atoms with Crippen LogP contribution in [0.15, 0.2) is 47.6 Å². The van der Waals surface area contributed by atoms with E-state index in [2.05, 4.69) is 60.3 Å². The molecule has 1 aromatic rings. The first-order valence-corrected chi connectivity index (χ1v) is 12.1. The molecule has 190 valence electrons. The molecule has 0 aliphatic heterocycles. The SMILES string of the molecule is CCCC(NC(=O)/C(C#N)=C/c1cccc(F)n1)C1=CCC(C)(OCCN(C)CCN(C)C)C=C1. The number of ether oxygens (including phenoxy) is 1. The number of hydrogen-bond donors (Lipinski definition) is 1. The molecule has 35 heavy (non-hydrogen) atoms. The van der Waals surface area contributed by atoms with Crippen LogP contribution in [0.3, 0.4) is 0 Å². The largest absolute Gasteiger partial charge is 0.370 e. The Morgan fingerprint density at radius 1 is 1.34 bits per heavy atom. The summed E-state index contributed by atoms with van der Waals surface area (Å²) in [5.74, 6) is -1.17. The minimum Gasteiger partial charge on any atom is -0.370 e. The van der Waals surface area contributed by atoms with E-state index in [1.807, 2.05) is 19.1 Å². The van der Waals surface area contributed by atoms with Gasteiger partial charge in [0.05, 0.1) is 23.9 Å².